The van der Waals surface area contributed by atoms with Gasteiger partial charge in [-0.1, -0.05) is 18.6 Å². The van der Waals surface area contributed by atoms with E-state index in [2.05, 4.69) is 16.3 Å². The van der Waals surface area contributed by atoms with Gasteiger partial charge >= 0.3 is 6.18 Å². The zero-order valence-electron chi connectivity index (χ0n) is 19.5. The fourth-order valence-corrected chi connectivity index (χ4v) is 4.98. The maximum Gasteiger partial charge on any atom is 0.405 e. The van der Waals surface area contributed by atoms with E-state index in [9.17, 15) is 28.0 Å². The van der Waals surface area contributed by atoms with E-state index in [1.54, 1.807) is 18.3 Å². The molecule has 0 aliphatic carbocycles. The fourth-order valence-electron chi connectivity index (χ4n) is 3.89. The monoisotopic (exact) mass is 507 g/mol. The quantitative estimate of drug-likeness (QED) is 0.572. The van der Waals surface area contributed by atoms with Gasteiger partial charge in [0.25, 0.3) is 11.5 Å². The number of alkyl halides is 3. The Bertz CT molecular complexity index is 1250. The van der Waals surface area contributed by atoms with Gasteiger partial charge < -0.3 is 15.5 Å². The molecule has 1 aromatic heterocycles. The van der Waals surface area contributed by atoms with Crippen LogP contribution in [0.25, 0.3) is 11.8 Å². The summed E-state index contributed by atoms with van der Waals surface area (Å²) < 4.78 is 38.8. The van der Waals surface area contributed by atoms with Crippen LogP contribution in [0.2, 0.25) is 0 Å². The number of thiazole rings is 1. The minimum absolute atomic E-state index is 0.0167. The van der Waals surface area contributed by atoms with Crippen LogP contribution in [0.5, 0.6) is 0 Å². The minimum atomic E-state index is -4.61. The Morgan fingerprint density at radius 3 is 2.66 bits per heavy atom. The summed E-state index contributed by atoms with van der Waals surface area (Å²) in [6.45, 7) is 3.50. The third-order valence-corrected chi connectivity index (χ3v) is 6.82. The molecule has 1 aromatic carbocycles. The molecule has 1 saturated heterocycles. The van der Waals surface area contributed by atoms with Gasteiger partial charge in [0.2, 0.25) is 0 Å². The maximum atomic E-state index is 12.8. The lowest BCUT2D eigenvalue weighted by Crippen LogP contribution is -2.37. The molecule has 35 heavy (non-hydrogen) atoms. The highest BCUT2D eigenvalue weighted by Gasteiger charge is 2.28. The van der Waals surface area contributed by atoms with E-state index >= 15 is 0 Å². The van der Waals surface area contributed by atoms with Crippen LogP contribution in [0.1, 0.15) is 31.7 Å². The Balaban J connectivity index is 1.82. The van der Waals surface area contributed by atoms with Crippen LogP contribution < -0.4 is 25.4 Å². The van der Waals surface area contributed by atoms with Crippen molar-refractivity contribution in [1.29, 1.82) is 5.26 Å². The van der Waals surface area contributed by atoms with Crippen molar-refractivity contribution >= 4 is 34.7 Å². The summed E-state index contributed by atoms with van der Waals surface area (Å²) in [6.07, 6.45) is 1.57. The average Bonchev–Trinajstić information content (AvgIpc) is 3.16. The van der Waals surface area contributed by atoms with Crippen LogP contribution in [0.4, 0.5) is 18.9 Å². The lowest BCUT2D eigenvalue weighted by atomic mass is 10.1. The van der Waals surface area contributed by atoms with E-state index in [4.69, 9.17) is 0 Å². The van der Waals surface area contributed by atoms with Gasteiger partial charge in [-0.15, -0.1) is 11.3 Å². The third-order valence-electron chi connectivity index (χ3n) is 5.69. The lowest BCUT2D eigenvalue weighted by Gasteiger charge is -2.26. The van der Waals surface area contributed by atoms with Gasteiger partial charge in [0.15, 0.2) is 5.57 Å². The molecule has 11 heteroatoms. The number of hydrogen-bond acceptors (Lipinski definition) is 6. The van der Waals surface area contributed by atoms with E-state index < -0.39 is 29.8 Å². The summed E-state index contributed by atoms with van der Waals surface area (Å²) in [5.74, 6) is -1.17. The van der Waals surface area contributed by atoms with E-state index in [1.165, 1.54) is 30.0 Å². The molecule has 1 amide bonds. The summed E-state index contributed by atoms with van der Waals surface area (Å²) in [5.41, 5.74) is 0.981. The lowest BCUT2D eigenvalue weighted by molar-refractivity contribution is -0.135. The van der Waals surface area contributed by atoms with Gasteiger partial charge in [0.1, 0.15) is 21.8 Å². The van der Waals surface area contributed by atoms with Crippen molar-refractivity contribution in [2.75, 3.05) is 31.5 Å². The fraction of sp³-hybridized carbons (Fsp3) is 0.458. The Labute approximate surface area is 205 Å². The second kappa shape index (κ2) is 12.0. The van der Waals surface area contributed by atoms with Crippen molar-refractivity contribution in [3.8, 4) is 6.07 Å². The molecule has 0 atom stereocenters. The summed E-state index contributed by atoms with van der Waals surface area (Å²) in [5, 5.41) is 14.2. The van der Waals surface area contributed by atoms with E-state index in [-0.39, 0.29) is 15.7 Å². The molecule has 1 fully saturated rings. The van der Waals surface area contributed by atoms with Crippen LogP contribution in [0.3, 0.4) is 0 Å². The van der Waals surface area contributed by atoms with Crippen molar-refractivity contribution in [1.82, 2.24) is 14.8 Å². The van der Waals surface area contributed by atoms with Crippen LogP contribution in [0.15, 0.2) is 29.1 Å². The topological polar surface area (TPSA) is 90.2 Å². The molecule has 188 valence electrons. The van der Waals surface area contributed by atoms with Crippen molar-refractivity contribution in [3.05, 3.63) is 49.4 Å². The maximum absolute atomic E-state index is 12.8. The van der Waals surface area contributed by atoms with Crippen LogP contribution >= 0.6 is 11.3 Å². The van der Waals surface area contributed by atoms with Crippen molar-refractivity contribution < 1.29 is 18.0 Å². The number of nitriles is 1. The molecule has 1 aliphatic heterocycles. The van der Waals surface area contributed by atoms with Gasteiger partial charge in [-0.25, -0.2) is 0 Å². The van der Waals surface area contributed by atoms with Gasteiger partial charge in [-0.3, -0.25) is 14.2 Å². The van der Waals surface area contributed by atoms with Gasteiger partial charge in [0, 0.05) is 25.0 Å². The van der Waals surface area contributed by atoms with Crippen LogP contribution in [0, 0.1) is 11.3 Å². The number of hydrogen-bond donors (Lipinski definition) is 2. The van der Waals surface area contributed by atoms with Gasteiger partial charge in [-0.2, -0.15) is 18.4 Å². The van der Waals surface area contributed by atoms with Crippen molar-refractivity contribution in [3.63, 3.8) is 0 Å². The molecule has 0 saturated carbocycles. The SMILES string of the molecule is CCn1c(=C(C#N)C(=O)NCC(F)(F)F)sc(=CNc2cccc(CCN3CCCCC3)c2)c1=O. The number of likely N-dealkylation sites (tertiary alicyclic amines) is 1. The molecule has 2 aromatic rings. The van der Waals surface area contributed by atoms with Crippen molar-refractivity contribution in [2.45, 2.75) is 45.3 Å². The van der Waals surface area contributed by atoms with Gasteiger partial charge in [0.05, 0.1) is 0 Å². The Morgan fingerprint density at radius 2 is 2.00 bits per heavy atom. The smallest absolute Gasteiger partial charge is 0.360 e. The number of amides is 1. The van der Waals surface area contributed by atoms with Crippen molar-refractivity contribution in [2.24, 2.45) is 0 Å². The predicted octanol–water partition coefficient (Wildman–Crippen LogP) is 2.16. The normalized spacial score (nSPS) is 16.0. The summed E-state index contributed by atoms with van der Waals surface area (Å²) >= 11 is 0.882. The first kappa shape index (κ1) is 26.5. The molecule has 0 bridgehead atoms. The van der Waals surface area contributed by atoms with E-state index in [0.717, 1.165) is 48.6 Å². The molecule has 1 aliphatic rings. The predicted molar refractivity (Wildman–Crippen MR) is 130 cm³/mol. The Morgan fingerprint density at radius 1 is 1.26 bits per heavy atom. The number of rotatable bonds is 8. The number of halogens is 3. The highest BCUT2D eigenvalue weighted by Crippen LogP contribution is 2.14. The first-order chi connectivity index (χ1) is 16.7. The second-order valence-electron chi connectivity index (χ2n) is 8.25. The number of carbonyl (C=O) groups is 1. The molecular formula is C24H28F3N5O2S. The zero-order chi connectivity index (χ0) is 25.4. The minimum Gasteiger partial charge on any atom is -0.360 e. The number of carbonyl (C=O) groups excluding carboxylic acids is 1. The number of nitrogens with one attached hydrogen (secondary N) is 2. The number of piperidine rings is 1. The number of benzene rings is 1. The van der Waals surface area contributed by atoms with Crippen LogP contribution in [-0.2, 0) is 17.8 Å². The molecular weight excluding hydrogens is 479 g/mol. The number of aromatic nitrogens is 1. The first-order valence-corrected chi connectivity index (χ1v) is 12.3. The molecule has 2 heterocycles. The van der Waals surface area contributed by atoms with E-state index in [0.29, 0.717) is 0 Å². The largest absolute Gasteiger partial charge is 0.405 e. The van der Waals surface area contributed by atoms with Crippen LogP contribution in [-0.4, -0.2) is 47.7 Å². The van der Waals surface area contributed by atoms with Gasteiger partial charge in [-0.05, 0) is 57.0 Å². The summed E-state index contributed by atoms with van der Waals surface area (Å²) in [7, 11) is 0. The zero-order valence-corrected chi connectivity index (χ0v) is 20.3. The molecule has 7 nitrogen and oxygen atoms in total. The Kier molecular flexibility index (Phi) is 9.12. The number of nitrogens with zero attached hydrogens (tertiary/aromatic N) is 3. The molecule has 3 rings (SSSR count). The number of anilines is 1. The highest BCUT2D eigenvalue weighted by atomic mass is 32.1. The average molecular weight is 508 g/mol. The standard InChI is InChI=1S/C24H28F3N5O2S/c1-2-32-22(34)20(35-23(32)19(14-28)21(33)30-16-24(25,26)27)15-29-18-8-6-7-17(13-18)9-12-31-10-4-3-5-11-31/h6-8,13,15,29H,2-5,9-12,16H2,1H3,(H,30,33). The molecule has 0 spiro atoms. The summed E-state index contributed by atoms with van der Waals surface area (Å²) in [4.78, 5) is 27.5. The molecule has 0 radical (unpaired) electrons. The summed E-state index contributed by atoms with van der Waals surface area (Å²) in [6, 6.07) is 9.49. The highest BCUT2D eigenvalue weighted by molar-refractivity contribution is 7.07. The molecule has 2 N–H and O–H groups in total. The third kappa shape index (κ3) is 7.44. The first-order valence-electron chi connectivity index (χ1n) is 11.5. The Hall–Kier alpha value is -3.10. The van der Waals surface area contributed by atoms with E-state index in [1.807, 2.05) is 18.2 Å². The molecule has 0 unspecified atom stereocenters. The second-order valence-corrected chi connectivity index (χ2v) is 9.28.